The van der Waals surface area contributed by atoms with Crippen LogP contribution in [0, 0.1) is 12.3 Å². The zero-order chi connectivity index (χ0) is 12.3. The van der Waals surface area contributed by atoms with Crippen LogP contribution < -0.4 is 0 Å². The van der Waals surface area contributed by atoms with Gasteiger partial charge in [-0.2, -0.15) is 0 Å². The number of nitrogens with zero attached hydrogens (tertiary/aromatic N) is 1. The molecule has 1 N–H and O–H groups in total. The van der Waals surface area contributed by atoms with Gasteiger partial charge in [0.05, 0.1) is 16.6 Å². The Hall–Kier alpha value is -1.33. The normalized spacial score (nSPS) is 10.4. The summed E-state index contributed by atoms with van der Waals surface area (Å²) in [5, 5.41) is 11.9. The Kier molecular flexibility index (Phi) is 3.81. The van der Waals surface area contributed by atoms with Crippen molar-refractivity contribution >= 4 is 29.1 Å². The zero-order valence-corrected chi connectivity index (χ0v) is 10.8. The van der Waals surface area contributed by atoms with Crippen LogP contribution in [0.25, 0.3) is 0 Å². The topological polar surface area (TPSA) is 50.2 Å². The Morgan fingerprint density at radius 2 is 2.41 bits per heavy atom. The summed E-state index contributed by atoms with van der Waals surface area (Å²) < 4.78 is 0.961. The summed E-state index contributed by atoms with van der Waals surface area (Å²) in [6.45, 7) is 1.91. The van der Waals surface area contributed by atoms with Crippen LogP contribution in [0.1, 0.15) is 21.6 Å². The summed E-state index contributed by atoms with van der Waals surface area (Å²) in [6, 6.07) is 6.97. The number of benzene rings is 1. The maximum atomic E-state index is 10.8. The van der Waals surface area contributed by atoms with Crippen molar-refractivity contribution in [2.45, 2.75) is 17.0 Å². The van der Waals surface area contributed by atoms with E-state index in [0.29, 0.717) is 5.56 Å². The molecule has 3 nitrogen and oxygen atoms in total. The average molecular weight is 264 g/mol. The zero-order valence-electron chi connectivity index (χ0n) is 9.14. The molecule has 17 heavy (non-hydrogen) atoms. The van der Waals surface area contributed by atoms with Gasteiger partial charge in [0.15, 0.2) is 4.34 Å². The van der Waals surface area contributed by atoms with Gasteiger partial charge in [0.2, 0.25) is 0 Å². The number of thioether (sulfide) groups is 1. The highest BCUT2D eigenvalue weighted by molar-refractivity contribution is 8.00. The van der Waals surface area contributed by atoms with Crippen molar-refractivity contribution in [1.29, 1.82) is 0 Å². The lowest BCUT2D eigenvalue weighted by atomic mass is 10.1. The lowest BCUT2D eigenvalue weighted by molar-refractivity contribution is 0.0697. The van der Waals surface area contributed by atoms with Crippen molar-refractivity contribution in [1.82, 2.24) is 4.98 Å². The van der Waals surface area contributed by atoms with Gasteiger partial charge in [-0.25, -0.2) is 9.78 Å². The standard InChI is InChI=1S/C12H10NO2S2/c1-8-6-16-12(13-8)17-7-9-3-2-4-10(5-9)11(14)15/h2-5H,7H2,1H3,(H,14,15). The van der Waals surface area contributed by atoms with Crippen molar-refractivity contribution < 1.29 is 9.90 Å². The number of aryl methyl sites for hydroxylation is 1. The van der Waals surface area contributed by atoms with Gasteiger partial charge >= 0.3 is 5.97 Å². The molecular formula is C12H10NO2S2. The third-order valence-corrected chi connectivity index (χ3v) is 4.16. The predicted octanol–water partition coefficient (Wildman–Crippen LogP) is 3.24. The van der Waals surface area contributed by atoms with Crippen molar-refractivity contribution in [3.8, 4) is 0 Å². The van der Waals surface area contributed by atoms with Crippen LogP contribution in [0.15, 0.2) is 28.6 Å². The number of aromatic carboxylic acids is 1. The molecule has 5 heteroatoms. The second-order valence-electron chi connectivity index (χ2n) is 3.46. The van der Waals surface area contributed by atoms with Crippen LogP contribution in [-0.2, 0) is 5.75 Å². The Morgan fingerprint density at radius 3 is 3.06 bits per heavy atom. The molecule has 0 aliphatic heterocycles. The largest absolute Gasteiger partial charge is 0.478 e. The molecule has 2 aromatic rings. The molecule has 0 atom stereocenters. The molecule has 0 unspecified atom stereocenters. The first kappa shape index (κ1) is 12.1. The smallest absolute Gasteiger partial charge is 0.335 e. The van der Waals surface area contributed by atoms with Crippen LogP contribution in [0.4, 0.5) is 0 Å². The fourth-order valence-corrected chi connectivity index (χ4v) is 2.97. The van der Waals surface area contributed by atoms with Gasteiger partial charge in [-0.05, 0) is 24.6 Å². The van der Waals surface area contributed by atoms with Crippen LogP contribution in [-0.4, -0.2) is 16.1 Å². The number of rotatable bonds is 4. The highest BCUT2D eigenvalue weighted by atomic mass is 32.2. The second-order valence-corrected chi connectivity index (χ2v) is 5.48. The third kappa shape index (κ3) is 3.31. The summed E-state index contributed by atoms with van der Waals surface area (Å²) in [6.07, 6.45) is 0. The molecule has 2 rings (SSSR count). The Balaban J connectivity index is 2.04. The van der Waals surface area contributed by atoms with Crippen molar-refractivity contribution in [2.24, 2.45) is 0 Å². The Morgan fingerprint density at radius 1 is 1.59 bits per heavy atom. The van der Waals surface area contributed by atoms with Gasteiger partial charge in [0, 0.05) is 5.75 Å². The molecule has 0 fully saturated rings. The Bertz CT molecular complexity index is 537. The van der Waals surface area contributed by atoms with E-state index in [1.54, 1.807) is 30.0 Å². The van der Waals surface area contributed by atoms with Crippen LogP contribution in [0.3, 0.4) is 0 Å². The van der Waals surface area contributed by atoms with Gasteiger partial charge in [-0.15, -0.1) is 11.3 Å². The molecule has 0 aliphatic carbocycles. The molecule has 0 bridgehead atoms. The molecule has 1 aromatic carbocycles. The minimum atomic E-state index is -0.893. The molecule has 0 saturated carbocycles. The molecule has 87 valence electrons. The van der Waals surface area contributed by atoms with E-state index in [-0.39, 0.29) is 0 Å². The minimum absolute atomic E-state index is 0.324. The van der Waals surface area contributed by atoms with Gasteiger partial charge in [-0.1, -0.05) is 23.9 Å². The van der Waals surface area contributed by atoms with Crippen LogP contribution >= 0.6 is 23.1 Å². The summed E-state index contributed by atoms with van der Waals surface area (Å²) in [4.78, 5) is 15.1. The van der Waals surface area contributed by atoms with Crippen molar-refractivity contribution in [3.05, 3.63) is 46.5 Å². The predicted molar refractivity (Wildman–Crippen MR) is 68.6 cm³/mol. The van der Waals surface area contributed by atoms with Crippen LogP contribution in [0.2, 0.25) is 0 Å². The van der Waals surface area contributed by atoms with Gasteiger partial charge in [-0.3, -0.25) is 0 Å². The first-order valence-electron chi connectivity index (χ1n) is 4.95. The molecule has 0 saturated heterocycles. The number of hydrogen-bond donors (Lipinski definition) is 1. The SMILES string of the molecule is Cc1[c]sc(SCc2cccc(C(=O)O)c2)n1. The molecule has 0 spiro atoms. The first-order chi connectivity index (χ1) is 8.15. The Labute approximate surface area is 108 Å². The summed E-state index contributed by atoms with van der Waals surface area (Å²) in [5.41, 5.74) is 2.21. The van der Waals surface area contributed by atoms with Crippen LogP contribution in [0.5, 0.6) is 0 Å². The van der Waals surface area contributed by atoms with E-state index in [1.165, 1.54) is 11.3 Å². The molecule has 1 heterocycles. The van der Waals surface area contributed by atoms with E-state index in [1.807, 2.05) is 13.0 Å². The number of carboxylic acid groups (broad SMARTS) is 1. The van der Waals surface area contributed by atoms with Crippen molar-refractivity contribution in [3.63, 3.8) is 0 Å². The molecule has 1 radical (unpaired) electrons. The minimum Gasteiger partial charge on any atom is -0.478 e. The number of thiazole rings is 1. The maximum absolute atomic E-state index is 10.8. The molecular weight excluding hydrogens is 254 g/mol. The summed E-state index contributed by atoms with van der Waals surface area (Å²) in [5.74, 6) is -0.169. The monoisotopic (exact) mass is 264 g/mol. The molecule has 1 aromatic heterocycles. The first-order valence-corrected chi connectivity index (χ1v) is 6.75. The van der Waals surface area contributed by atoms with Gasteiger partial charge < -0.3 is 5.11 Å². The fraction of sp³-hybridized carbons (Fsp3) is 0.167. The molecule has 0 aliphatic rings. The average Bonchev–Trinajstić information content (AvgIpc) is 2.73. The molecule has 0 amide bonds. The number of carbonyl (C=O) groups is 1. The van der Waals surface area contributed by atoms with Gasteiger partial charge in [0.1, 0.15) is 0 Å². The quantitative estimate of drug-likeness (QED) is 0.861. The third-order valence-electron chi connectivity index (χ3n) is 2.08. The van der Waals surface area contributed by atoms with E-state index in [9.17, 15) is 4.79 Å². The van der Waals surface area contributed by atoms with E-state index >= 15 is 0 Å². The highest BCUT2D eigenvalue weighted by Crippen LogP contribution is 2.25. The van der Waals surface area contributed by atoms with E-state index in [4.69, 9.17) is 5.11 Å². The van der Waals surface area contributed by atoms with Gasteiger partial charge in [0.25, 0.3) is 0 Å². The fourth-order valence-electron chi connectivity index (χ4n) is 1.30. The summed E-state index contributed by atoms with van der Waals surface area (Å²) >= 11 is 3.09. The second kappa shape index (κ2) is 5.33. The lowest BCUT2D eigenvalue weighted by Crippen LogP contribution is -1.96. The van der Waals surface area contributed by atoms with E-state index in [2.05, 4.69) is 10.4 Å². The lowest BCUT2D eigenvalue weighted by Gasteiger charge is -2.00. The summed E-state index contributed by atoms with van der Waals surface area (Å²) in [7, 11) is 0. The van der Waals surface area contributed by atoms with E-state index < -0.39 is 5.97 Å². The maximum Gasteiger partial charge on any atom is 0.335 e. The van der Waals surface area contributed by atoms with E-state index in [0.717, 1.165) is 21.3 Å². The number of hydrogen-bond acceptors (Lipinski definition) is 4. The number of carboxylic acids is 1. The highest BCUT2D eigenvalue weighted by Gasteiger charge is 2.05. The van der Waals surface area contributed by atoms with Crippen molar-refractivity contribution in [2.75, 3.05) is 0 Å². The number of aromatic nitrogens is 1.